The van der Waals surface area contributed by atoms with Crippen molar-refractivity contribution in [1.82, 2.24) is 14.9 Å². The number of imidazole rings is 1. The number of hydrogen-bond acceptors (Lipinski definition) is 3. The molecule has 0 atom stereocenters. The van der Waals surface area contributed by atoms with Crippen molar-refractivity contribution in [3.63, 3.8) is 0 Å². The molecule has 1 amide bonds. The van der Waals surface area contributed by atoms with Crippen LogP contribution in [0.2, 0.25) is 0 Å². The molecule has 1 rings (SSSR count). The molecule has 0 saturated heterocycles. The maximum atomic E-state index is 10.6. The van der Waals surface area contributed by atoms with Crippen LogP contribution in [0, 0.1) is 0 Å². The summed E-state index contributed by atoms with van der Waals surface area (Å²) in [6, 6.07) is 0.454. The first-order valence-electron chi connectivity index (χ1n) is 6.11. The first kappa shape index (κ1) is 13.7. The van der Waals surface area contributed by atoms with Crippen LogP contribution in [0.15, 0.2) is 12.4 Å². The summed E-state index contributed by atoms with van der Waals surface area (Å²) in [5.74, 6) is 0.815. The first-order chi connectivity index (χ1) is 8.09. The monoisotopic (exact) mass is 238 g/mol. The minimum atomic E-state index is -0.225. The molecule has 96 valence electrons. The molecular formula is C12H22N4O. The van der Waals surface area contributed by atoms with Gasteiger partial charge < -0.3 is 15.6 Å². The zero-order chi connectivity index (χ0) is 12.7. The molecule has 0 unspecified atom stereocenters. The van der Waals surface area contributed by atoms with E-state index >= 15 is 0 Å². The largest absolute Gasteiger partial charge is 0.370 e. The minimum Gasteiger partial charge on any atom is -0.370 e. The van der Waals surface area contributed by atoms with E-state index in [1.54, 1.807) is 0 Å². The summed E-state index contributed by atoms with van der Waals surface area (Å²) in [6.07, 6.45) is 6.04. The van der Waals surface area contributed by atoms with Crippen LogP contribution in [0.5, 0.6) is 0 Å². The van der Waals surface area contributed by atoms with Crippen molar-refractivity contribution in [2.75, 3.05) is 0 Å². The Morgan fingerprint density at radius 3 is 2.94 bits per heavy atom. The number of amides is 1. The van der Waals surface area contributed by atoms with Crippen molar-refractivity contribution < 1.29 is 4.79 Å². The number of rotatable bonds is 8. The van der Waals surface area contributed by atoms with Crippen LogP contribution in [-0.2, 0) is 17.9 Å². The molecule has 1 aromatic rings. The van der Waals surface area contributed by atoms with Crippen molar-refractivity contribution in [1.29, 1.82) is 0 Å². The van der Waals surface area contributed by atoms with Gasteiger partial charge in [0.25, 0.3) is 0 Å². The molecule has 0 aliphatic rings. The predicted molar refractivity (Wildman–Crippen MR) is 67.2 cm³/mol. The van der Waals surface area contributed by atoms with Gasteiger partial charge in [-0.2, -0.15) is 0 Å². The Bertz CT molecular complexity index is 346. The molecule has 1 aromatic heterocycles. The van der Waals surface area contributed by atoms with E-state index in [1.165, 1.54) is 0 Å². The van der Waals surface area contributed by atoms with Gasteiger partial charge in [-0.05, 0) is 12.8 Å². The third-order valence-electron chi connectivity index (χ3n) is 2.54. The average molecular weight is 238 g/mol. The summed E-state index contributed by atoms with van der Waals surface area (Å²) in [4.78, 5) is 14.9. The minimum absolute atomic E-state index is 0.225. The van der Waals surface area contributed by atoms with E-state index in [1.807, 2.05) is 12.4 Å². The van der Waals surface area contributed by atoms with E-state index in [9.17, 15) is 4.79 Å². The molecule has 0 saturated carbocycles. The summed E-state index contributed by atoms with van der Waals surface area (Å²) < 4.78 is 2.12. The van der Waals surface area contributed by atoms with Crippen LogP contribution in [0.25, 0.3) is 0 Å². The van der Waals surface area contributed by atoms with Gasteiger partial charge in [0.15, 0.2) is 0 Å². The fraction of sp³-hybridized carbons (Fsp3) is 0.667. The molecule has 0 aromatic carbocycles. The summed E-state index contributed by atoms with van der Waals surface area (Å²) in [7, 11) is 0. The average Bonchev–Trinajstić information content (AvgIpc) is 2.68. The lowest BCUT2D eigenvalue weighted by Crippen LogP contribution is -2.24. The third-order valence-corrected chi connectivity index (χ3v) is 2.54. The van der Waals surface area contributed by atoms with Gasteiger partial charge in [-0.15, -0.1) is 0 Å². The summed E-state index contributed by atoms with van der Waals surface area (Å²) >= 11 is 0. The quantitative estimate of drug-likeness (QED) is 0.664. The topological polar surface area (TPSA) is 72.9 Å². The normalized spacial score (nSPS) is 11.0. The van der Waals surface area contributed by atoms with Crippen LogP contribution < -0.4 is 11.1 Å². The molecule has 0 aliphatic heterocycles. The molecular weight excluding hydrogens is 216 g/mol. The van der Waals surface area contributed by atoms with Gasteiger partial charge in [-0.1, -0.05) is 13.8 Å². The number of nitrogens with one attached hydrogen (secondary N) is 1. The van der Waals surface area contributed by atoms with E-state index < -0.39 is 0 Å². The summed E-state index contributed by atoms with van der Waals surface area (Å²) in [5.41, 5.74) is 5.09. The number of unbranched alkanes of at least 4 members (excludes halogenated alkanes) is 1. The SMILES string of the molecule is CC(C)NCc1nccn1CCCCC(N)=O. The number of aryl methyl sites for hydroxylation is 1. The lowest BCUT2D eigenvalue weighted by atomic mass is 10.2. The van der Waals surface area contributed by atoms with Crippen LogP contribution in [0.4, 0.5) is 0 Å². The summed E-state index contributed by atoms with van der Waals surface area (Å²) in [6.45, 7) is 5.89. The van der Waals surface area contributed by atoms with Gasteiger partial charge in [-0.25, -0.2) is 4.98 Å². The van der Waals surface area contributed by atoms with Gasteiger partial charge in [0.2, 0.25) is 5.91 Å². The third kappa shape index (κ3) is 5.49. The lowest BCUT2D eigenvalue weighted by molar-refractivity contribution is -0.118. The Morgan fingerprint density at radius 2 is 2.29 bits per heavy atom. The number of nitrogens with zero attached hydrogens (tertiary/aromatic N) is 2. The Morgan fingerprint density at radius 1 is 1.53 bits per heavy atom. The molecule has 17 heavy (non-hydrogen) atoms. The van der Waals surface area contributed by atoms with Crippen molar-refractivity contribution >= 4 is 5.91 Å². The standard InChI is InChI=1S/C12H22N4O/c1-10(2)15-9-12-14-6-8-16(12)7-4-3-5-11(13)17/h6,8,10,15H,3-5,7,9H2,1-2H3,(H2,13,17). The zero-order valence-electron chi connectivity index (χ0n) is 10.6. The molecule has 5 nitrogen and oxygen atoms in total. The second-order valence-corrected chi connectivity index (χ2v) is 4.50. The smallest absolute Gasteiger partial charge is 0.217 e. The Balaban J connectivity index is 2.32. The van der Waals surface area contributed by atoms with Gasteiger partial charge in [0, 0.05) is 31.4 Å². The van der Waals surface area contributed by atoms with Crippen molar-refractivity contribution in [2.45, 2.75) is 52.2 Å². The van der Waals surface area contributed by atoms with Crippen LogP contribution in [-0.4, -0.2) is 21.5 Å². The molecule has 0 fully saturated rings. The highest BCUT2D eigenvalue weighted by atomic mass is 16.1. The van der Waals surface area contributed by atoms with Crippen molar-refractivity contribution in [3.05, 3.63) is 18.2 Å². The van der Waals surface area contributed by atoms with E-state index in [0.717, 1.165) is 31.8 Å². The number of carbonyl (C=O) groups excluding carboxylic acids is 1. The Labute approximate surface area is 102 Å². The molecule has 0 radical (unpaired) electrons. The number of primary amides is 1. The fourth-order valence-electron chi connectivity index (χ4n) is 1.59. The van der Waals surface area contributed by atoms with Crippen LogP contribution >= 0.6 is 0 Å². The number of aromatic nitrogens is 2. The van der Waals surface area contributed by atoms with E-state index in [4.69, 9.17) is 5.73 Å². The molecule has 0 spiro atoms. The maximum Gasteiger partial charge on any atom is 0.217 e. The Hall–Kier alpha value is -1.36. The van der Waals surface area contributed by atoms with E-state index in [2.05, 4.69) is 28.7 Å². The lowest BCUT2D eigenvalue weighted by Gasteiger charge is -2.10. The van der Waals surface area contributed by atoms with Crippen LogP contribution in [0.3, 0.4) is 0 Å². The van der Waals surface area contributed by atoms with Gasteiger partial charge in [0.1, 0.15) is 5.82 Å². The van der Waals surface area contributed by atoms with E-state index in [-0.39, 0.29) is 5.91 Å². The highest BCUT2D eigenvalue weighted by molar-refractivity contribution is 5.73. The maximum absolute atomic E-state index is 10.6. The van der Waals surface area contributed by atoms with Gasteiger partial charge >= 0.3 is 0 Å². The fourth-order valence-corrected chi connectivity index (χ4v) is 1.59. The van der Waals surface area contributed by atoms with Crippen LogP contribution in [0.1, 0.15) is 38.9 Å². The number of nitrogens with two attached hydrogens (primary N) is 1. The second-order valence-electron chi connectivity index (χ2n) is 4.50. The molecule has 0 aliphatic carbocycles. The summed E-state index contributed by atoms with van der Waals surface area (Å²) in [5, 5.41) is 3.34. The number of hydrogen-bond donors (Lipinski definition) is 2. The highest BCUT2D eigenvalue weighted by Crippen LogP contribution is 2.03. The molecule has 1 heterocycles. The molecule has 5 heteroatoms. The second kappa shape index (κ2) is 7.06. The zero-order valence-corrected chi connectivity index (χ0v) is 10.6. The van der Waals surface area contributed by atoms with Gasteiger partial charge in [0.05, 0.1) is 6.54 Å². The van der Waals surface area contributed by atoms with Gasteiger partial charge in [-0.3, -0.25) is 4.79 Å². The van der Waals surface area contributed by atoms with Crippen molar-refractivity contribution in [3.8, 4) is 0 Å². The van der Waals surface area contributed by atoms with E-state index in [0.29, 0.717) is 12.5 Å². The molecule has 0 bridgehead atoms. The number of carbonyl (C=O) groups is 1. The highest BCUT2D eigenvalue weighted by Gasteiger charge is 2.03. The van der Waals surface area contributed by atoms with Crippen molar-refractivity contribution in [2.24, 2.45) is 5.73 Å². The Kier molecular flexibility index (Phi) is 5.69. The molecule has 3 N–H and O–H groups in total. The predicted octanol–water partition coefficient (Wildman–Crippen LogP) is 1.04. The first-order valence-corrected chi connectivity index (χ1v) is 6.11.